The number of nitriles is 1. The van der Waals surface area contributed by atoms with Gasteiger partial charge in [-0.1, -0.05) is 0 Å². The van der Waals surface area contributed by atoms with Gasteiger partial charge in [0, 0.05) is 6.61 Å². The Kier molecular flexibility index (Phi) is 2.19. The van der Waals surface area contributed by atoms with Crippen LogP contribution in [0.3, 0.4) is 0 Å². The van der Waals surface area contributed by atoms with Crippen LogP contribution in [0.15, 0.2) is 12.4 Å². The second-order valence-electron chi connectivity index (χ2n) is 2.94. The predicted octanol–water partition coefficient (Wildman–Crippen LogP) is 1.20. The Hall–Kier alpha value is -1.47. The lowest BCUT2D eigenvalue weighted by Crippen LogP contribution is -2.00. The zero-order valence-electron chi connectivity index (χ0n) is 7.10. The van der Waals surface area contributed by atoms with Crippen LogP contribution in [0.1, 0.15) is 30.3 Å². The van der Waals surface area contributed by atoms with Gasteiger partial charge in [-0.15, -0.1) is 0 Å². The minimum absolute atomic E-state index is 0.0649. The molecule has 13 heavy (non-hydrogen) atoms. The quantitative estimate of drug-likeness (QED) is 0.643. The van der Waals surface area contributed by atoms with Crippen LogP contribution < -0.4 is 0 Å². The highest BCUT2D eigenvalue weighted by Gasteiger charge is 2.19. The first-order valence-electron chi connectivity index (χ1n) is 4.24. The molecule has 0 amide bonds. The van der Waals surface area contributed by atoms with Crippen LogP contribution in [-0.4, -0.2) is 16.6 Å². The van der Waals surface area contributed by atoms with Crippen molar-refractivity contribution in [2.45, 2.75) is 18.9 Å². The number of hydrogen-bond donors (Lipinski definition) is 0. The van der Waals surface area contributed by atoms with E-state index in [2.05, 4.69) is 9.97 Å². The summed E-state index contributed by atoms with van der Waals surface area (Å²) < 4.78 is 5.44. The lowest BCUT2D eigenvalue weighted by Gasteiger charge is -2.07. The van der Waals surface area contributed by atoms with Crippen molar-refractivity contribution >= 4 is 0 Å². The van der Waals surface area contributed by atoms with E-state index >= 15 is 0 Å². The summed E-state index contributed by atoms with van der Waals surface area (Å²) in [5.74, 6) is 0. The molecular weight excluding hydrogens is 166 g/mol. The summed E-state index contributed by atoms with van der Waals surface area (Å²) >= 11 is 0. The molecule has 1 saturated heterocycles. The van der Waals surface area contributed by atoms with Crippen molar-refractivity contribution in [3.8, 4) is 6.07 Å². The summed E-state index contributed by atoms with van der Waals surface area (Å²) in [5, 5.41) is 8.62. The molecule has 0 spiro atoms. The van der Waals surface area contributed by atoms with Gasteiger partial charge in [0.1, 0.15) is 18.1 Å². The van der Waals surface area contributed by atoms with Crippen LogP contribution in [0, 0.1) is 11.3 Å². The van der Waals surface area contributed by atoms with Crippen LogP contribution >= 0.6 is 0 Å². The van der Waals surface area contributed by atoms with Crippen LogP contribution in [0.2, 0.25) is 0 Å². The summed E-state index contributed by atoms with van der Waals surface area (Å²) in [7, 11) is 0. The number of nitrogens with zero attached hydrogens (tertiary/aromatic N) is 3. The minimum atomic E-state index is 0.0649. The highest BCUT2D eigenvalue weighted by atomic mass is 16.5. The maximum atomic E-state index is 8.62. The van der Waals surface area contributed by atoms with Gasteiger partial charge in [0.2, 0.25) is 0 Å². The Morgan fingerprint density at radius 3 is 3.15 bits per heavy atom. The summed E-state index contributed by atoms with van der Waals surface area (Å²) in [6.07, 6.45) is 3.53. The predicted molar refractivity (Wildman–Crippen MR) is 44.7 cm³/mol. The van der Waals surface area contributed by atoms with Crippen LogP contribution in [0.25, 0.3) is 0 Å². The highest BCUT2D eigenvalue weighted by Crippen LogP contribution is 2.26. The third-order valence-electron chi connectivity index (χ3n) is 2.06. The number of rotatable bonds is 1. The Bertz CT molecular complexity index is 339. The second kappa shape index (κ2) is 3.50. The largest absolute Gasteiger partial charge is 0.372 e. The molecule has 66 valence electrons. The fraction of sp³-hybridized carbons (Fsp3) is 0.444. The molecule has 0 saturated carbocycles. The van der Waals surface area contributed by atoms with Gasteiger partial charge in [-0.3, -0.25) is 0 Å². The van der Waals surface area contributed by atoms with Gasteiger partial charge in [-0.25, -0.2) is 9.97 Å². The van der Waals surface area contributed by atoms with Crippen LogP contribution in [0.5, 0.6) is 0 Å². The summed E-state index contributed by atoms with van der Waals surface area (Å²) in [4.78, 5) is 7.88. The smallest absolute Gasteiger partial charge is 0.144 e. The fourth-order valence-electron chi connectivity index (χ4n) is 1.42. The normalized spacial score (nSPS) is 21.3. The summed E-state index contributed by atoms with van der Waals surface area (Å²) in [5.41, 5.74) is 1.23. The van der Waals surface area contributed by atoms with Gasteiger partial charge in [-0.05, 0) is 18.9 Å². The molecule has 2 heterocycles. The maximum Gasteiger partial charge on any atom is 0.144 e. The molecule has 0 aliphatic carbocycles. The van der Waals surface area contributed by atoms with Crippen molar-refractivity contribution < 1.29 is 4.74 Å². The molecule has 1 aromatic heterocycles. The Morgan fingerprint density at radius 1 is 1.54 bits per heavy atom. The van der Waals surface area contributed by atoms with Gasteiger partial charge in [-0.2, -0.15) is 5.26 Å². The Morgan fingerprint density at radius 2 is 2.46 bits per heavy atom. The van der Waals surface area contributed by atoms with Gasteiger partial charge < -0.3 is 4.74 Å². The van der Waals surface area contributed by atoms with E-state index in [0.29, 0.717) is 5.69 Å². The molecular formula is C9H9N3O. The molecule has 1 aliphatic rings. The molecule has 0 N–H and O–H groups in total. The molecule has 4 heteroatoms. The molecule has 1 aromatic rings. The zero-order chi connectivity index (χ0) is 9.10. The van der Waals surface area contributed by atoms with E-state index in [4.69, 9.17) is 10.00 Å². The first kappa shape index (κ1) is 8.14. The first-order chi connectivity index (χ1) is 6.40. The molecule has 0 radical (unpaired) electrons. The molecule has 0 aromatic carbocycles. The van der Waals surface area contributed by atoms with Crippen molar-refractivity contribution in [2.75, 3.05) is 6.61 Å². The molecule has 1 atom stereocenters. The molecule has 1 fully saturated rings. The van der Waals surface area contributed by atoms with E-state index in [9.17, 15) is 0 Å². The van der Waals surface area contributed by atoms with Crippen LogP contribution in [0.4, 0.5) is 0 Å². The fourth-order valence-corrected chi connectivity index (χ4v) is 1.42. The molecule has 1 aliphatic heterocycles. The lowest BCUT2D eigenvalue weighted by molar-refractivity contribution is 0.108. The average Bonchev–Trinajstić information content (AvgIpc) is 2.71. The van der Waals surface area contributed by atoms with Crippen molar-refractivity contribution in [2.24, 2.45) is 0 Å². The van der Waals surface area contributed by atoms with E-state index in [1.807, 2.05) is 6.07 Å². The van der Waals surface area contributed by atoms with Gasteiger partial charge in [0.15, 0.2) is 0 Å². The zero-order valence-corrected chi connectivity index (χ0v) is 7.10. The minimum Gasteiger partial charge on any atom is -0.372 e. The first-order valence-corrected chi connectivity index (χ1v) is 4.24. The Labute approximate surface area is 76.2 Å². The van der Waals surface area contributed by atoms with E-state index in [-0.39, 0.29) is 6.10 Å². The lowest BCUT2D eigenvalue weighted by atomic mass is 10.1. The summed E-state index contributed by atoms with van der Waals surface area (Å²) in [6.45, 7) is 0.788. The maximum absolute atomic E-state index is 8.62. The summed E-state index contributed by atoms with van der Waals surface area (Å²) in [6, 6.07) is 3.67. The Balaban J connectivity index is 2.25. The van der Waals surface area contributed by atoms with Crippen molar-refractivity contribution in [1.82, 2.24) is 9.97 Å². The van der Waals surface area contributed by atoms with E-state index < -0.39 is 0 Å². The van der Waals surface area contributed by atoms with Gasteiger partial charge in [0.25, 0.3) is 0 Å². The molecule has 2 rings (SSSR count). The van der Waals surface area contributed by atoms with E-state index in [1.54, 1.807) is 6.07 Å². The van der Waals surface area contributed by atoms with E-state index in [0.717, 1.165) is 25.1 Å². The van der Waals surface area contributed by atoms with E-state index in [1.165, 1.54) is 6.33 Å². The molecule has 0 unspecified atom stereocenters. The van der Waals surface area contributed by atoms with Crippen molar-refractivity contribution in [3.63, 3.8) is 0 Å². The second-order valence-corrected chi connectivity index (χ2v) is 2.94. The number of hydrogen-bond acceptors (Lipinski definition) is 4. The van der Waals surface area contributed by atoms with Crippen LogP contribution in [-0.2, 0) is 4.74 Å². The van der Waals surface area contributed by atoms with Gasteiger partial charge in [0.05, 0.1) is 11.8 Å². The average molecular weight is 175 g/mol. The standard InChI is InChI=1S/C9H9N3O/c10-5-7-4-8(12-6-11-7)9-2-1-3-13-9/h4,6,9H,1-3H2/t9-/m1/s1. The van der Waals surface area contributed by atoms with Crippen molar-refractivity contribution in [1.29, 1.82) is 5.26 Å². The topological polar surface area (TPSA) is 58.8 Å². The molecule has 4 nitrogen and oxygen atoms in total. The third kappa shape index (κ3) is 1.65. The SMILES string of the molecule is N#Cc1cc([C@H]2CCCO2)ncn1. The number of ether oxygens (including phenoxy) is 1. The van der Waals surface area contributed by atoms with Gasteiger partial charge >= 0.3 is 0 Å². The third-order valence-corrected chi connectivity index (χ3v) is 2.06. The monoisotopic (exact) mass is 175 g/mol. The number of aromatic nitrogens is 2. The highest BCUT2D eigenvalue weighted by molar-refractivity contribution is 5.22. The van der Waals surface area contributed by atoms with Crippen molar-refractivity contribution in [3.05, 3.63) is 23.8 Å². The molecule has 0 bridgehead atoms.